The highest BCUT2D eigenvalue weighted by Crippen LogP contribution is 2.09. The van der Waals surface area contributed by atoms with Crippen molar-refractivity contribution < 1.29 is 0 Å². The molecule has 2 heteroatoms. The Morgan fingerprint density at radius 3 is 2.82 bits per heavy atom. The molecular formula is C9H16N2. The van der Waals surface area contributed by atoms with Crippen LogP contribution in [0.2, 0.25) is 0 Å². The molecule has 0 atom stereocenters. The molecular weight excluding hydrogens is 136 g/mol. The van der Waals surface area contributed by atoms with E-state index in [0.717, 1.165) is 12.5 Å². The Balaban J connectivity index is 2.01. The van der Waals surface area contributed by atoms with Crippen LogP contribution in [0.15, 0.2) is 0 Å². The standard InChI is InChI=1S/C9H16N2/c1-2-5-11-8-9-3-6-10-7-4-9/h1,9-11H,3-8H2. The lowest BCUT2D eigenvalue weighted by atomic mass is 9.98. The quantitative estimate of drug-likeness (QED) is 0.446. The molecule has 1 heterocycles. The topological polar surface area (TPSA) is 24.1 Å². The van der Waals surface area contributed by atoms with Gasteiger partial charge in [-0.2, -0.15) is 0 Å². The van der Waals surface area contributed by atoms with Crippen LogP contribution >= 0.6 is 0 Å². The molecule has 0 radical (unpaired) electrons. The molecule has 0 spiro atoms. The van der Waals surface area contributed by atoms with Crippen molar-refractivity contribution in [3.63, 3.8) is 0 Å². The van der Waals surface area contributed by atoms with Crippen LogP contribution in [0.5, 0.6) is 0 Å². The zero-order chi connectivity index (χ0) is 7.94. The summed E-state index contributed by atoms with van der Waals surface area (Å²) in [6, 6.07) is 0. The Labute approximate surface area is 68.8 Å². The molecule has 62 valence electrons. The van der Waals surface area contributed by atoms with E-state index in [1.54, 1.807) is 0 Å². The van der Waals surface area contributed by atoms with Gasteiger partial charge in [-0.3, -0.25) is 0 Å². The molecule has 1 aliphatic rings. The monoisotopic (exact) mass is 152 g/mol. The SMILES string of the molecule is C#CCNCC1CCNCC1. The first-order chi connectivity index (χ1) is 5.43. The molecule has 0 amide bonds. The second-order valence-electron chi connectivity index (χ2n) is 3.03. The summed E-state index contributed by atoms with van der Waals surface area (Å²) in [6.45, 7) is 4.14. The smallest absolute Gasteiger partial charge is 0.0573 e. The van der Waals surface area contributed by atoms with Crippen LogP contribution in [-0.4, -0.2) is 26.2 Å². The maximum Gasteiger partial charge on any atom is 0.0573 e. The van der Waals surface area contributed by atoms with Crippen molar-refractivity contribution in [2.45, 2.75) is 12.8 Å². The minimum absolute atomic E-state index is 0.712. The lowest BCUT2D eigenvalue weighted by molar-refractivity contribution is 0.362. The molecule has 1 aliphatic heterocycles. The van der Waals surface area contributed by atoms with Crippen LogP contribution < -0.4 is 10.6 Å². The molecule has 0 aromatic heterocycles. The maximum absolute atomic E-state index is 5.12. The average Bonchev–Trinajstić information content (AvgIpc) is 2.07. The summed E-state index contributed by atoms with van der Waals surface area (Å²) in [5.74, 6) is 3.42. The lowest BCUT2D eigenvalue weighted by Crippen LogP contribution is -2.33. The zero-order valence-electron chi connectivity index (χ0n) is 6.90. The van der Waals surface area contributed by atoms with Gasteiger partial charge < -0.3 is 10.6 Å². The van der Waals surface area contributed by atoms with E-state index in [9.17, 15) is 0 Å². The average molecular weight is 152 g/mol. The maximum atomic E-state index is 5.12. The van der Waals surface area contributed by atoms with Crippen LogP contribution in [0.1, 0.15) is 12.8 Å². The van der Waals surface area contributed by atoms with Gasteiger partial charge in [-0.1, -0.05) is 5.92 Å². The number of rotatable bonds is 3. The Hall–Kier alpha value is -0.520. The first-order valence-electron chi connectivity index (χ1n) is 4.28. The van der Waals surface area contributed by atoms with Gasteiger partial charge in [0.05, 0.1) is 6.54 Å². The molecule has 1 rings (SSSR count). The predicted molar refractivity (Wildman–Crippen MR) is 47.3 cm³/mol. The van der Waals surface area contributed by atoms with Crippen molar-refractivity contribution in [1.29, 1.82) is 0 Å². The number of terminal acetylenes is 1. The summed E-state index contributed by atoms with van der Waals surface area (Å²) < 4.78 is 0. The van der Waals surface area contributed by atoms with E-state index in [4.69, 9.17) is 6.42 Å². The van der Waals surface area contributed by atoms with E-state index in [2.05, 4.69) is 16.6 Å². The first-order valence-corrected chi connectivity index (χ1v) is 4.28. The van der Waals surface area contributed by atoms with Crippen molar-refractivity contribution >= 4 is 0 Å². The molecule has 0 aliphatic carbocycles. The third kappa shape index (κ3) is 3.41. The van der Waals surface area contributed by atoms with Crippen molar-refractivity contribution in [2.24, 2.45) is 5.92 Å². The molecule has 2 N–H and O–H groups in total. The normalized spacial score (nSPS) is 19.5. The molecule has 0 aromatic rings. The van der Waals surface area contributed by atoms with E-state index in [1.807, 2.05) is 0 Å². The van der Waals surface area contributed by atoms with Crippen LogP contribution in [0.4, 0.5) is 0 Å². The largest absolute Gasteiger partial charge is 0.317 e. The van der Waals surface area contributed by atoms with Gasteiger partial charge in [0.1, 0.15) is 0 Å². The lowest BCUT2D eigenvalue weighted by Gasteiger charge is -2.22. The fraction of sp³-hybridized carbons (Fsp3) is 0.778. The van der Waals surface area contributed by atoms with Crippen LogP contribution in [0, 0.1) is 18.3 Å². The summed E-state index contributed by atoms with van der Waals surface area (Å²) in [5, 5.41) is 6.58. The van der Waals surface area contributed by atoms with Gasteiger partial charge in [0.15, 0.2) is 0 Å². The Kier molecular flexibility index (Phi) is 4.03. The summed E-state index contributed by atoms with van der Waals surface area (Å²) in [5.41, 5.74) is 0. The van der Waals surface area contributed by atoms with E-state index in [-0.39, 0.29) is 0 Å². The predicted octanol–water partition coefficient (Wildman–Crippen LogP) is 0.209. The van der Waals surface area contributed by atoms with Gasteiger partial charge in [0.25, 0.3) is 0 Å². The highest BCUT2D eigenvalue weighted by molar-refractivity contribution is 4.87. The highest BCUT2D eigenvalue weighted by atomic mass is 14.9. The number of piperidine rings is 1. The summed E-state index contributed by atoms with van der Waals surface area (Å²) in [4.78, 5) is 0. The van der Waals surface area contributed by atoms with Crippen LogP contribution in [0.25, 0.3) is 0 Å². The van der Waals surface area contributed by atoms with Crippen molar-refractivity contribution in [1.82, 2.24) is 10.6 Å². The Morgan fingerprint density at radius 1 is 1.45 bits per heavy atom. The van der Waals surface area contributed by atoms with E-state index < -0.39 is 0 Å². The third-order valence-corrected chi connectivity index (χ3v) is 2.12. The minimum atomic E-state index is 0.712. The molecule has 2 nitrogen and oxygen atoms in total. The number of hydrogen-bond donors (Lipinski definition) is 2. The van der Waals surface area contributed by atoms with E-state index in [1.165, 1.54) is 25.9 Å². The third-order valence-electron chi connectivity index (χ3n) is 2.12. The van der Waals surface area contributed by atoms with Gasteiger partial charge >= 0.3 is 0 Å². The second kappa shape index (κ2) is 5.17. The van der Waals surface area contributed by atoms with Gasteiger partial charge in [-0.25, -0.2) is 0 Å². The van der Waals surface area contributed by atoms with Gasteiger partial charge in [-0.15, -0.1) is 6.42 Å². The first kappa shape index (κ1) is 8.58. The summed E-state index contributed by atoms with van der Waals surface area (Å²) >= 11 is 0. The van der Waals surface area contributed by atoms with Crippen molar-refractivity contribution in [3.8, 4) is 12.3 Å². The van der Waals surface area contributed by atoms with Crippen molar-refractivity contribution in [2.75, 3.05) is 26.2 Å². The fourth-order valence-corrected chi connectivity index (χ4v) is 1.43. The van der Waals surface area contributed by atoms with Crippen LogP contribution in [0.3, 0.4) is 0 Å². The summed E-state index contributed by atoms with van der Waals surface area (Å²) in [7, 11) is 0. The molecule has 11 heavy (non-hydrogen) atoms. The van der Waals surface area contributed by atoms with Crippen molar-refractivity contribution in [3.05, 3.63) is 0 Å². The van der Waals surface area contributed by atoms with E-state index in [0.29, 0.717) is 6.54 Å². The van der Waals surface area contributed by atoms with Crippen LogP contribution in [-0.2, 0) is 0 Å². The number of nitrogens with one attached hydrogen (secondary N) is 2. The van der Waals surface area contributed by atoms with Gasteiger partial charge in [0.2, 0.25) is 0 Å². The van der Waals surface area contributed by atoms with Gasteiger partial charge in [-0.05, 0) is 38.4 Å². The molecule has 1 fully saturated rings. The fourth-order valence-electron chi connectivity index (χ4n) is 1.43. The Bertz CT molecular complexity index is 131. The molecule has 1 saturated heterocycles. The van der Waals surface area contributed by atoms with Gasteiger partial charge in [0, 0.05) is 0 Å². The second-order valence-corrected chi connectivity index (χ2v) is 3.03. The molecule has 0 saturated carbocycles. The highest BCUT2D eigenvalue weighted by Gasteiger charge is 2.11. The summed E-state index contributed by atoms with van der Waals surface area (Å²) in [6.07, 6.45) is 7.70. The minimum Gasteiger partial charge on any atom is -0.317 e. The zero-order valence-corrected chi connectivity index (χ0v) is 6.90. The molecule has 0 unspecified atom stereocenters. The molecule has 0 bridgehead atoms. The Morgan fingerprint density at radius 2 is 2.18 bits per heavy atom. The number of hydrogen-bond acceptors (Lipinski definition) is 2. The molecule has 0 aromatic carbocycles. The van der Waals surface area contributed by atoms with E-state index >= 15 is 0 Å².